The molecule has 0 spiro atoms. The predicted octanol–water partition coefficient (Wildman–Crippen LogP) is 1.53. The van der Waals surface area contributed by atoms with Crippen molar-refractivity contribution in [3.05, 3.63) is 12.2 Å². The van der Waals surface area contributed by atoms with Crippen LogP contribution in [0.5, 0.6) is 0 Å². The molecule has 0 saturated carbocycles. The summed E-state index contributed by atoms with van der Waals surface area (Å²) in [5, 5.41) is 12.7. The van der Waals surface area contributed by atoms with Gasteiger partial charge in [-0.25, -0.2) is 0 Å². The molecule has 0 aliphatic rings. The van der Waals surface area contributed by atoms with Crippen LogP contribution in [-0.4, -0.2) is 29.7 Å². The van der Waals surface area contributed by atoms with E-state index in [0.717, 1.165) is 13.0 Å². The molecule has 0 amide bonds. The van der Waals surface area contributed by atoms with Gasteiger partial charge in [0.25, 0.3) is 0 Å². The van der Waals surface area contributed by atoms with Crippen LogP contribution in [0.15, 0.2) is 12.2 Å². The van der Waals surface area contributed by atoms with Crippen LogP contribution in [0.2, 0.25) is 0 Å². The molecular weight excluding hydrogens is 174 g/mol. The van der Waals surface area contributed by atoms with Crippen LogP contribution in [0.25, 0.3) is 0 Å². The van der Waals surface area contributed by atoms with Gasteiger partial charge < -0.3 is 10.4 Å². The van der Waals surface area contributed by atoms with Crippen molar-refractivity contribution in [1.82, 2.24) is 5.32 Å². The first-order valence-electron chi connectivity index (χ1n) is 4.26. The van der Waals surface area contributed by atoms with Gasteiger partial charge in [0, 0.05) is 19.0 Å². The van der Waals surface area contributed by atoms with Gasteiger partial charge in [0.15, 0.2) is 0 Å². The molecule has 2 N–H and O–H groups in total. The Morgan fingerprint density at radius 2 is 2.17 bits per heavy atom. The van der Waals surface area contributed by atoms with Gasteiger partial charge in [0.1, 0.15) is 0 Å². The molecule has 0 fully saturated rings. The van der Waals surface area contributed by atoms with Crippen molar-refractivity contribution in [2.75, 3.05) is 19.0 Å². The summed E-state index contributed by atoms with van der Waals surface area (Å²) in [6, 6.07) is 0. The Bertz CT molecular complexity index is 134. The maximum Gasteiger partial charge on any atom is 0.0741 e. The van der Waals surface area contributed by atoms with E-state index in [1.165, 1.54) is 0 Å². The fourth-order valence-corrected chi connectivity index (χ4v) is 0.822. The van der Waals surface area contributed by atoms with E-state index < -0.39 is 5.60 Å². The summed E-state index contributed by atoms with van der Waals surface area (Å²) < 4.78 is 0. The number of nitrogens with one attached hydrogen (secondary N) is 1. The summed E-state index contributed by atoms with van der Waals surface area (Å²) in [6.07, 6.45) is 4.60. The van der Waals surface area contributed by atoms with Gasteiger partial charge in [-0.1, -0.05) is 19.1 Å². The molecule has 1 atom stereocenters. The number of hydrogen-bond donors (Lipinski definition) is 2. The van der Waals surface area contributed by atoms with Crippen LogP contribution < -0.4 is 5.32 Å². The molecule has 72 valence electrons. The smallest absolute Gasteiger partial charge is 0.0741 e. The van der Waals surface area contributed by atoms with Crippen LogP contribution in [0.4, 0.5) is 0 Å². The minimum Gasteiger partial charge on any atom is -0.389 e. The minimum atomic E-state index is -0.588. The number of aliphatic hydroxyl groups is 1. The van der Waals surface area contributed by atoms with E-state index in [4.69, 9.17) is 11.6 Å². The molecule has 0 heterocycles. The summed E-state index contributed by atoms with van der Waals surface area (Å²) in [5.41, 5.74) is -0.588. The first kappa shape index (κ1) is 11.9. The summed E-state index contributed by atoms with van der Waals surface area (Å²) in [4.78, 5) is 0. The van der Waals surface area contributed by atoms with Crippen molar-refractivity contribution in [1.29, 1.82) is 0 Å². The molecule has 0 radical (unpaired) electrons. The fourth-order valence-electron chi connectivity index (χ4n) is 0.696. The van der Waals surface area contributed by atoms with Gasteiger partial charge >= 0.3 is 0 Å². The summed E-state index contributed by atoms with van der Waals surface area (Å²) in [7, 11) is 0. The van der Waals surface area contributed by atoms with Crippen molar-refractivity contribution >= 4 is 11.6 Å². The molecule has 0 aliphatic heterocycles. The van der Waals surface area contributed by atoms with Gasteiger partial charge in [-0.05, 0) is 13.3 Å². The maximum absolute atomic E-state index is 9.57. The Morgan fingerprint density at radius 3 is 2.67 bits per heavy atom. The van der Waals surface area contributed by atoms with Crippen molar-refractivity contribution < 1.29 is 5.11 Å². The average Bonchev–Trinajstić information content (AvgIpc) is 2.04. The molecule has 0 bridgehead atoms. The second kappa shape index (κ2) is 6.46. The molecule has 3 heteroatoms. The quantitative estimate of drug-likeness (QED) is 0.379. The highest BCUT2D eigenvalue weighted by Crippen LogP contribution is 2.05. The van der Waals surface area contributed by atoms with E-state index in [9.17, 15) is 5.11 Å². The average molecular weight is 192 g/mol. The highest BCUT2D eigenvalue weighted by molar-refractivity contribution is 6.18. The molecule has 12 heavy (non-hydrogen) atoms. The third-order valence-corrected chi connectivity index (χ3v) is 1.96. The Labute approximate surface area is 79.6 Å². The minimum absolute atomic E-state index is 0.547. The van der Waals surface area contributed by atoms with Gasteiger partial charge in [-0.15, -0.1) is 11.6 Å². The molecule has 0 aromatic rings. The normalized spacial score (nSPS) is 16.7. The number of halogens is 1. The Balaban J connectivity index is 3.36. The predicted molar refractivity (Wildman–Crippen MR) is 53.6 cm³/mol. The van der Waals surface area contributed by atoms with E-state index >= 15 is 0 Å². The Kier molecular flexibility index (Phi) is 6.44. The van der Waals surface area contributed by atoms with Crippen molar-refractivity contribution in [2.45, 2.75) is 25.9 Å². The van der Waals surface area contributed by atoms with E-state index in [0.29, 0.717) is 12.4 Å². The lowest BCUT2D eigenvalue weighted by atomic mass is 10.0. The lowest BCUT2D eigenvalue weighted by Crippen LogP contribution is -2.37. The van der Waals surface area contributed by atoms with Crippen LogP contribution in [0.1, 0.15) is 20.3 Å². The van der Waals surface area contributed by atoms with E-state index in [-0.39, 0.29) is 0 Å². The van der Waals surface area contributed by atoms with Crippen LogP contribution in [0, 0.1) is 0 Å². The van der Waals surface area contributed by atoms with Gasteiger partial charge in [-0.2, -0.15) is 0 Å². The second-order valence-corrected chi connectivity index (χ2v) is 3.42. The van der Waals surface area contributed by atoms with Gasteiger partial charge in [0.05, 0.1) is 5.60 Å². The van der Waals surface area contributed by atoms with E-state index in [2.05, 4.69) is 5.32 Å². The maximum atomic E-state index is 9.57. The number of alkyl halides is 1. The number of rotatable bonds is 6. The second-order valence-electron chi connectivity index (χ2n) is 3.11. The van der Waals surface area contributed by atoms with E-state index in [1.807, 2.05) is 26.0 Å². The molecule has 0 aromatic heterocycles. The zero-order chi connectivity index (χ0) is 9.45. The standard InChI is InChI=1S/C9H18ClNO/c1-3-9(2,12)8-11-7-5-4-6-10/h4-5,11-12H,3,6-8H2,1-2H3/b5-4+. The monoisotopic (exact) mass is 191 g/mol. The largest absolute Gasteiger partial charge is 0.389 e. The highest BCUT2D eigenvalue weighted by Gasteiger charge is 2.15. The first-order valence-corrected chi connectivity index (χ1v) is 4.80. The van der Waals surface area contributed by atoms with Crippen LogP contribution >= 0.6 is 11.6 Å². The zero-order valence-electron chi connectivity index (χ0n) is 7.81. The van der Waals surface area contributed by atoms with Crippen molar-refractivity contribution in [3.63, 3.8) is 0 Å². The topological polar surface area (TPSA) is 32.3 Å². The Hall–Kier alpha value is -0.0500. The summed E-state index contributed by atoms with van der Waals surface area (Å²) >= 11 is 5.43. The third-order valence-electron chi connectivity index (χ3n) is 1.79. The zero-order valence-corrected chi connectivity index (χ0v) is 8.56. The molecular formula is C9H18ClNO. The lowest BCUT2D eigenvalue weighted by molar-refractivity contribution is 0.0569. The molecule has 2 nitrogen and oxygen atoms in total. The van der Waals surface area contributed by atoms with Crippen LogP contribution in [0.3, 0.4) is 0 Å². The summed E-state index contributed by atoms with van der Waals surface area (Å²) in [6.45, 7) is 5.18. The molecule has 1 unspecified atom stereocenters. The Morgan fingerprint density at radius 1 is 1.50 bits per heavy atom. The molecule has 0 aromatic carbocycles. The van der Waals surface area contributed by atoms with Crippen molar-refractivity contribution in [3.8, 4) is 0 Å². The number of allylic oxidation sites excluding steroid dienone is 1. The summed E-state index contributed by atoms with van der Waals surface area (Å²) in [5.74, 6) is 0.547. The van der Waals surface area contributed by atoms with Crippen molar-refractivity contribution in [2.24, 2.45) is 0 Å². The lowest BCUT2D eigenvalue weighted by Gasteiger charge is -2.20. The SMILES string of the molecule is CCC(C)(O)CNC/C=C/CCl. The third kappa shape index (κ3) is 6.65. The number of hydrogen-bond acceptors (Lipinski definition) is 2. The molecule has 0 saturated heterocycles. The molecule has 0 rings (SSSR count). The fraction of sp³-hybridized carbons (Fsp3) is 0.778. The van der Waals surface area contributed by atoms with E-state index in [1.54, 1.807) is 0 Å². The van der Waals surface area contributed by atoms with Gasteiger partial charge in [-0.3, -0.25) is 0 Å². The van der Waals surface area contributed by atoms with Crippen LogP contribution in [-0.2, 0) is 0 Å². The highest BCUT2D eigenvalue weighted by atomic mass is 35.5. The molecule has 0 aliphatic carbocycles. The van der Waals surface area contributed by atoms with Gasteiger partial charge in [0.2, 0.25) is 0 Å². The first-order chi connectivity index (χ1) is 5.62.